The lowest BCUT2D eigenvalue weighted by molar-refractivity contribution is 0.289. The summed E-state index contributed by atoms with van der Waals surface area (Å²) >= 11 is 0. The lowest BCUT2D eigenvalue weighted by Gasteiger charge is -2.23. The van der Waals surface area contributed by atoms with Gasteiger partial charge >= 0.3 is 0 Å². The summed E-state index contributed by atoms with van der Waals surface area (Å²) in [6, 6.07) is 0. The number of hydrogen-bond acceptors (Lipinski definition) is 0. The molecule has 0 aromatic carbocycles. The summed E-state index contributed by atoms with van der Waals surface area (Å²) in [5.41, 5.74) is 0. The van der Waals surface area contributed by atoms with Gasteiger partial charge < -0.3 is 0 Å². The Hall–Kier alpha value is 0. The maximum Gasteiger partial charge on any atom is -0.0412 e. The van der Waals surface area contributed by atoms with Crippen LogP contribution in [0.5, 0.6) is 0 Å². The van der Waals surface area contributed by atoms with E-state index < -0.39 is 0 Å². The maximum atomic E-state index is 1.59. The van der Waals surface area contributed by atoms with Crippen LogP contribution in [0.3, 0.4) is 0 Å². The highest BCUT2D eigenvalue weighted by Crippen LogP contribution is 2.37. The summed E-state index contributed by atoms with van der Waals surface area (Å²) in [5.74, 6) is 4.38. The summed E-state index contributed by atoms with van der Waals surface area (Å²) in [6.07, 6.45) is 28.0. The van der Waals surface area contributed by atoms with E-state index in [9.17, 15) is 0 Å². The molecule has 0 unspecified atom stereocenters. The molecule has 3 fully saturated rings. The molecule has 3 aliphatic carbocycles. The molecule has 0 heterocycles. The number of rotatable bonds is 0. The fourth-order valence-corrected chi connectivity index (χ4v) is 5.93. The molecule has 128 valence electrons. The molecule has 0 amide bonds. The van der Waals surface area contributed by atoms with E-state index in [4.69, 9.17) is 0 Å². The molecule has 22 heavy (non-hydrogen) atoms. The van der Waals surface area contributed by atoms with Crippen molar-refractivity contribution in [2.45, 2.75) is 116 Å². The first kappa shape index (κ1) is 16.8. The summed E-state index contributed by atoms with van der Waals surface area (Å²) < 4.78 is 0. The van der Waals surface area contributed by atoms with Crippen LogP contribution in [0.4, 0.5) is 0 Å². The molecular weight excluding hydrogens is 264 g/mol. The normalized spacial score (nSPS) is 39.3. The van der Waals surface area contributed by atoms with E-state index in [0.29, 0.717) is 0 Å². The zero-order valence-electron chi connectivity index (χ0n) is 15.0. The van der Waals surface area contributed by atoms with Crippen molar-refractivity contribution < 1.29 is 0 Å². The first-order chi connectivity index (χ1) is 10.9. The lowest BCUT2D eigenvalue weighted by Crippen LogP contribution is -2.10. The molecule has 0 saturated heterocycles. The van der Waals surface area contributed by atoms with Crippen molar-refractivity contribution in [2.24, 2.45) is 23.7 Å². The molecule has 0 radical (unpaired) electrons. The molecular formula is C22H40. The van der Waals surface area contributed by atoms with Gasteiger partial charge in [-0.1, -0.05) is 103 Å². The van der Waals surface area contributed by atoms with Crippen LogP contribution < -0.4 is 0 Å². The van der Waals surface area contributed by atoms with Gasteiger partial charge in [-0.15, -0.1) is 0 Å². The van der Waals surface area contributed by atoms with Crippen LogP contribution in [0.25, 0.3) is 0 Å². The van der Waals surface area contributed by atoms with Crippen LogP contribution >= 0.6 is 0 Å². The molecule has 4 bridgehead atoms. The summed E-state index contributed by atoms with van der Waals surface area (Å²) in [5, 5.41) is 0. The Labute approximate surface area is 139 Å². The zero-order valence-corrected chi connectivity index (χ0v) is 15.0. The Bertz CT molecular complexity index is 236. The van der Waals surface area contributed by atoms with Crippen LogP contribution in [-0.4, -0.2) is 0 Å². The van der Waals surface area contributed by atoms with E-state index in [1.165, 1.54) is 25.7 Å². The quantitative estimate of drug-likeness (QED) is 0.434. The highest BCUT2D eigenvalue weighted by atomic mass is 14.3. The molecule has 0 aromatic heterocycles. The van der Waals surface area contributed by atoms with E-state index in [1.807, 2.05) is 0 Å². The standard InChI is InChI=1S/C22H40/c1-2-10-20-14-7-8-16-22-12-4-3-11-21(18-22)15-6-5-13-19(9-1)17-20/h19-22H,1-18H2. The first-order valence-electron chi connectivity index (χ1n) is 10.9. The van der Waals surface area contributed by atoms with Crippen molar-refractivity contribution in [3.05, 3.63) is 0 Å². The van der Waals surface area contributed by atoms with E-state index in [0.717, 1.165) is 23.7 Å². The molecule has 0 aliphatic heterocycles. The highest BCUT2D eigenvalue weighted by molar-refractivity contribution is 4.75. The Morgan fingerprint density at radius 1 is 0.273 bits per heavy atom. The maximum absolute atomic E-state index is 1.59. The van der Waals surface area contributed by atoms with Gasteiger partial charge in [-0.25, -0.2) is 0 Å². The second-order valence-corrected chi connectivity index (χ2v) is 9.07. The predicted molar refractivity (Wildman–Crippen MR) is 97.1 cm³/mol. The smallest absolute Gasteiger partial charge is 0.0412 e. The molecule has 3 rings (SSSR count). The van der Waals surface area contributed by atoms with Crippen molar-refractivity contribution in [1.82, 2.24) is 0 Å². The molecule has 0 nitrogen and oxygen atoms in total. The Morgan fingerprint density at radius 2 is 0.455 bits per heavy atom. The minimum atomic E-state index is 1.09. The molecule has 0 spiro atoms. The van der Waals surface area contributed by atoms with E-state index in [2.05, 4.69) is 0 Å². The van der Waals surface area contributed by atoms with Crippen molar-refractivity contribution in [3.63, 3.8) is 0 Å². The van der Waals surface area contributed by atoms with Crippen molar-refractivity contribution in [2.75, 3.05) is 0 Å². The Kier molecular flexibility index (Phi) is 7.15. The van der Waals surface area contributed by atoms with Gasteiger partial charge in [0.1, 0.15) is 0 Å². The third kappa shape index (κ3) is 5.57. The van der Waals surface area contributed by atoms with Crippen LogP contribution in [0, 0.1) is 23.7 Å². The molecule has 0 heteroatoms. The third-order valence-electron chi connectivity index (χ3n) is 7.23. The summed E-state index contributed by atoms with van der Waals surface area (Å²) in [6.45, 7) is 0. The predicted octanol–water partition coefficient (Wildman–Crippen LogP) is 7.51. The largest absolute Gasteiger partial charge is 0.0530 e. The van der Waals surface area contributed by atoms with Crippen molar-refractivity contribution in [1.29, 1.82) is 0 Å². The molecule has 0 N–H and O–H groups in total. The van der Waals surface area contributed by atoms with Gasteiger partial charge in [0.25, 0.3) is 0 Å². The summed E-state index contributed by atoms with van der Waals surface area (Å²) in [4.78, 5) is 0. The summed E-state index contributed by atoms with van der Waals surface area (Å²) in [7, 11) is 0. The monoisotopic (exact) mass is 304 g/mol. The molecule has 0 aromatic rings. The Balaban J connectivity index is 1.55. The van der Waals surface area contributed by atoms with Gasteiger partial charge in [0, 0.05) is 0 Å². The van der Waals surface area contributed by atoms with Crippen LogP contribution in [0.1, 0.15) is 116 Å². The van der Waals surface area contributed by atoms with Gasteiger partial charge in [-0.3, -0.25) is 0 Å². The molecule has 0 atom stereocenters. The fourth-order valence-electron chi connectivity index (χ4n) is 5.93. The third-order valence-corrected chi connectivity index (χ3v) is 7.23. The second-order valence-electron chi connectivity index (χ2n) is 9.07. The van der Waals surface area contributed by atoms with Gasteiger partial charge in [0.15, 0.2) is 0 Å². The highest BCUT2D eigenvalue weighted by Gasteiger charge is 2.23. The van der Waals surface area contributed by atoms with Crippen molar-refractivity contribution >= 4 is 0 Å². The van der Waals surface area contributed by atoms with E-state index >= 15 is 0 Å². The lowest BCUT2D eigenvalue weighted by atomic mass is 9.82. The zero-order chi connectivity index (χ0) is 15.0. The van der Waals surface area contributed by atoms with Crippen LogP contribution in [0.15, 0.2) is 0 Å². The minimum Gasteiger partial charge on any atom is -0.0530 e. The van der Waals surface area contributed by atoms with Crippen LogP contribution in [-0.2, 0) is 0 Å². The number of hydrogen-bond donors (Lipinski definition) is 0. The van der Waals surface area contributed by atoms with E-state index in [-0.39, 0.29) is 0 Å². The Morgan fingerprint density at radius 3 is 0.636 bits per heavy atom. The topological polar surface area (TPSA) is 0 Å². The fraction of sp³-hybridized carbons (Fsp3) is 1.00. The number of fused-ring (bicyclic) bond motifs is 4. The average molecular weight is 305 g/mol. The minimum absolute atomic E-state index is 1.09. The van der Waals surface area contributed by atoms with E-state index in [1.54, 1.807) is 89.9 Å². The SMILES string of the molecule is C1CCC2CCCCC3CCCCC(CCCCC(C1)C2)C3. The average Bonchev–Trinajstić information content (AvgIpc) is 2.88. The molecule has 3 aliphatic rings. The van der Waals surface area contributed by atoms with Gasteiger partial charge in [-0.2, -0.15) is 0 Å². The van der Waals surface area contributed by atoms with Gasteiger partial charge in [0.2, 0.25) is 0 Å². The van der Waals surface area contributed by atoms with Gasteiger partial charge in [0.05, 0.1) is 0 Å². The first-order valence-corrected chi connectivity index (χ1v) is 10.9. The van der Waals surface area contributed by atoms with Crippen molar-refractivity contribution in [3.8, 4) is 0 Å². The van der Waals surface area contributed by atoms with Crippen LogP contribution in [0.2, 0.25) is 0 Å². The van der Waals surface area contributed by atoms with Gasteiger partial charge in [-0.05, 0) is 36.5 Å². The second kappa shape index (κ2) is 9.33. The molecule has 3 saturated carbocycles.